The molecule has 0 aliphatic carbocycles. The molecule has 0 unspecified atom stereocenters. The highest BCUT2D eigenvalue weighted by molar-refractivity contribution is 6.11. The second kappa shape index (κ2) is 12.4. The van der Waals surface area contributed by atoms with Crippen molar-refractivity contribution in [1.82, 2.24) is 19.1 Å². The molecule has 7 aromatic carbocycles. The Morgan fingerprint density at radius 1 is 0.426 bits per heavy atom. The number of hydrogen-bond donors (Lipinski definition) is 0. The van der Waals surface area contributed by atoms with Crippen LogP contribution in [-0.4, -0.2) is 19.1 Å². The van der Waals surface area contributed by atoms with Crippen LogP contribution in [0.4, 0.5) is 0 Å². The summed E-state index contributed by atoms with van der Waals surface area (Å²) in [5.74, 6) is 0.638. The number of rotatable bonds is 5. The van der Waals surface area contributed by atoms with E-state index in [1.807, 2.05) is 48.5 Å². The number of para-hydroxylation sites is 2. The number of aryl methyl sites for hydroxylation is 2. The van der Waals surface area contributed by atoms with Crippen LogP contribution in [0.2, 0.25) is 0 Å². The lowest BCUT2D eigenvalue weighted by molar-refractivity contribution is 1.11. The molecule has 0 aliphatic rings. The smallest absolute Gasteiger partial charge is 0.160 e. The summed E-state index contributed by atoms with van der Waals surface area (Å²) in [5, 5.41) is 15.9. The highest BCUT2D eigenvalue weighted by Crippen LogP contribution is 2.41. The van der Waals surface area contributed by atoms with E-state index in [1.165, 1.54) is 11.1 Å². The molecule has 54 heavy (non-hydrogen) atoms. The number of fused-ring (bicyclic) bond motifs is 6. The molecule has 0 atom stereocenters. The molecule has 0 spiro atoms. The van der Waals surface area contributed by atoms with Crippen molar-refractivity contribution < 1.29 is 0 Å². The second-order valence-electron chi connectivity index (χ2n) is 13.9. The third-order valence-corrected chi connectivity index (χ3v) is 10.5. The van der Waals surface area contributed by atoms with Gasteiger partial charge in [0.15, 0.2) is 5.82 Å². The molecule has 3 aromatic heterocycles. The number of benzene rings is 7. The van der Waals surface area contributed by atoms with E-state index in [-0.39, 0.29) is 0 Å². The molecule has 254 valence electrons. The van der Waals surface area contributed by atoms with Crippen LogP contribution in [0.1, 0.15) is 16.7 Å². The maximum Gasteiger partial charge on any atom is 0.160 e. The van der Waals surface area contributed by atoms with E-state index in [4.69, 9.17) is 9.97 Å². The predicted molar refractivity (Wildman–Crippen MR) is 221 cm³/mol. The quantitative estimate of drug-likeness (QED) is 0.180. The van der Waals surface area contributed by atoms with Gasteiger partial charge < -0.3 is 9.13 Å². The zero-order chi connectivity index (χ0) is 36.3. The van der Waals surface area contributed by atoms with Gasteiger partial charge in [-0.1, -0.05) is 120 Å². The Balaban J connectivity index is 1.36. The lowest BCUT2D eigenvalue weighted by atomic mass is 10.0. The van der Waals surface area contributed by atoms with E-state index in [9.17, 15) is 5.26 Å². The summed E-state index contributed by atoms with van der Waals surface area (Å²) in [6.45, 7) is 4.25. The minimum atomic E-state index is 0.575. The first-order valence-electron chi connectivity index (χ1n) is 18.1. The summed E-state index contributed by atoms with van der Waals surface area (Å²) in [5.41, 5.74) is 13.1. The van der Waals surface area contributed by atoms with Crippen molar-refractivity contribution in [2.45, 2.75) is 13.8 Å². The average molecular weight is 692 g/mol. The molecule has 10 aromatic rings. The molecule has 3 heterocycles. The van der Waals surface area contributed by atoms with Gasteiger partial charge in [0, 0.05) is 38.2 Å². The molecule has 0 saturated carbocycles. The summed E-state index contributed by atoms with van der Waals surface area (Å²) in [6, 6.07) is 59.5. The predicted octanol–water partition coefficient (Wildman–Crippen LogP) is 12.2. The Morgan fingerprint density at radius 3 is 1.39 bits per heavy atom. The van der Waals surface area contributed by atoms with Gasteiger partial charge in [0.1, 0.15) is 11.6 Å². The fourth-order valence-electron chi connectivity index (χ4n) is 7.99. The summed E-state index contributed by atoms with van der Waals surface area (Å²) in [4.78, 5) is 10.3. The van der Waals surface area contributed by atoms with Crippen molar-refractivity contribution in [3.63, 3.8) is 0 Å². The molecule has 0 radical (unpaired) electrons. The van der Waals surface area contributed by atoms with Gasteiger partial charge in [-0.05, 0) is 68.4 Å². The van der Waals surface area contributed by atoms with Gasteiger partial charge in [-0.25, -0.2) is 9.97 Å². The first kappa shape index (κ1) is 31.4. The van der Waals surface area contributed by atoms with Crippen LogP contribution < -0.4 is 0 Å². The van der Waals surface area contributed by atoms with Crippen LogP contribution >= 0.6 is 0 Å². The molecule has 0 saturated heterocycles. The van der Waals surface area contributed by atoms with Crippen LogP contribution in [-0.2, 0) is 0 Å². The standard InChI is InChI=1S/C49H33N5/c1-31-21-23-45-38(25-31)36-17-9-11-19-43(36)53(45)47-27-35(42-29-41(33-13-5-3-6-14-33)51-49(52-42)34-15-7-4-8-16-34)28-48(40(47)30-50)54-44-20-12-10-18-37(44)39-26-32(2)22-24-46(39)54/h3-29H,1-2H3. The Labute approximate surface area is 312 Å². The zero-order valence-corrected chi connectivity index (χ0v) is 29.8. The number of aromatic nitrogens is 4. The number of nitrogens with zero attached hydrogens (tertiary/aromatic N) is 5. The van der Waals surface area contributed by atoms with Gasteiger partial charge in [-0.15, -0.1) is 0 Å². The topological polar surface area (TPSA) is 59.4 Å². The van der Waals surface area contributed by atoms with E-state index in [1.54, 1.807) is 0 Å². The van der Waals surface area contributed by atoms with E-state index in [0.717, 1.165) is 83.1 Å². The number of nitriles is 1. The van der Waals surface area contributed by atoms with Gasteiger partial charge in [0.25, 0.3) is 0 Å². The van der Waals surface area contributed by atoms with Gasteiger partial charge >= 0.3 is 0 Å². The molecule has 10 rings (SSSR count). The summed E-state index contributed by atoms with van der Waals surface area (Å²) >= 11 is 0. The SMILES string of the molecule is Cc1ccc2c(c1)c1ccccc1n2-c1cc(-c2cc(-c3ccccc3)nc(-c3ccccc3)n2)cc(-n2c3ccccc3c3cc(C)ccc32)c1C#N. The van der Waals surface area contributed by atoms with E-state index < -0.39 is 0 Å². The first-order valence-corrected chi connectivity index (χ1v) is 18.1. The minimum absolute atomic E-state index is 0.575. The normalized spacial score (nSPS) is 11.5. The van der Waals surface area contributed by atoms with E-state index in [0.29, 0.717) is 11.4 Å². The first-order chi connectivity index (χ1) is 26.6. The molecular weight excluding hydrogens is 659 g/mol. The molecule has 0 fully saturated rings. The Bertz CT molecular complexity index is 2930. The van der Waals surface area contributed by atoms with Gasteiger partial charge in [0.2, 0.25) is 0 Å². The summed E-state index contributed by atoms with van der Waals surface area (Å²) in [6.07, 6.45) is 0. The molecule has 5 nitrogen and oxygen atoms in total. The molecule has 5 heteroatoms. The largest absolute Gasteiger partial charge is 0.308 e. The van der Waals surface area contributed by atoms with Crippen molar-refractivity contribution in [2.24, 2.45) is 0 Å². The van der Waals surface area contributed by atoms with Gasteiger partial charge in [0.05, 0.1) is 44.8 Å². The summed E-state index contributed by atoms with van der Waals surface area (Å²) < 4.78 is 4.51. The molecule has 0 amide bonds. The Kier molecular flexibility index (Phi) is 7.24. The second-order valence-corrected chi connectivity index (χ2v) is 13.9. The van der Waals surface area contributed by atoms with E-state index >= 15 is 0 Å². The van der Waals surface area contributed by atoms with Gasteiger partial charge in [-0.3, -0.25) is 0 Å². The van der Waals surface area contributed by atoms with E-state index in [2.05, 4.69) is 144 Å². The maximum absolute atomic E-state index is 11.3. The maximum atomic E-state index is 11.3. The van der Waals surface area contributed by atoms with Crippen LogP contribution in [0.5, 0.6) is 0 Å². The average Bonchev–Trinajstić information content (AvgIpc) is 3.72. The van der Waals surface area contributed by atoms with Crippen molar-refractivity contribution in [3.8, 4) is 51.3 Å². The van der Waals surface area contributed by atoms with Crippen molar-refractivity contribution in [3.05, 3.63) is 180 Å². The molecule has 0 aliphatic heterocycles. The molecular formula is C49H33N5. The molecule has 0 N–H and O–H groups in total. The third-order valence-electron chi connectivity index (χ3n) is 10.5. The van der Waals surface area contributed by atoms with Crippen molar-refractivity contribution in [1.29, 1.82) is 5.26 Å². The Hall–Kier alpha value is -7.29. The lowest BCUT2D eigenvalue weighted by Gasteiger charge is -2.18. The van der Waals surface area contributed by atoms with Crippen molar-refractivity contribution in [2.75, 3.05) is 0 Å². The van der Waals surface area contributed by atoms with Gasteiger partial charge in [-0.2, -0.15) is 5.26 Å². The van der Waals surface area contributed by atoms with Crippen LogP contribution in [0.15, 0.2) is 164 Å². The summed E-state index contributed by atoms with van der Waals surface area (Å²) in [7, 11) is 0. The lowest BCUT2D eigenvalue weighted by Crippen LogP contribution is -2.06. The Morgan fingerprint density at radius 2 is 0.870 bits per heavy atom. The van der Waals surface area contributed by atoms with Crippen LogP contribution in [0, 0.1) is 25.2 Å². The van der Waals surface area contributed by atoms with Crippen LogP contribution in [0.3, 0.4) is 0 Å². The molecule has 0 bridgehead atoms. The fraction of sp³-hybridized carbons (Fsp3) is 0.0408. The third kappa shape index (κ3) is 5.00. The zero-order valence-electron chi connectivity index (χ0n) is 29.8. The highest BCUT2D eigenvalue weighted by atomic mass is 15.0. The van der Waals surface area contributed by atoms with Crippen molar-refractivity contribution >= 4 is 43.6 Å². The fourth-order valence-corrected chi connectivity index (χ4v) is 7.99. The monoisotopic (exact) mass is 691 g/mol. The highest BCUT2D eigenvalue weighted by Gasteiger charge is 2.23. The minimum Gasteiger partial charge on any atom is -0.308 e. The van der Waals surface area contributed by atoms with Crippen LogP contribution in [0.25, 0.3) is 88.9 Å². The number of hydrogen-bond acceptors (Lipinski definition) is 3.